The minimum Gasteiger partial charge on any atom is -0.452 e. The molecule has 0 atom stereocenters. The maximum Gasteiger partial charge on any atom is 0.715 e. The fourth-order valence-electron chi connectivity index (χ4n) is 1.49. The van der Waals surface area contributed by atoms with E-state index in [2.05, 4.69) is 0 Å². The molecule has 1 rings (SSSR count). The van der Waals surface area contributed by atoms with Crippen LogP contribution >= 0.6 is 0 Å². The smallest absolute Gasteiger partial charge is 0.452 e. The van der Waals surface area contributed by atoms with Gasteiger partial charge in [-0.25, -0.2) is 0 Å². The summed E-state index contributed by atoms with van der Waals surface area (Å²) < 4.78 is 13.3. The molecule has 0 fully saturated rings. The molecule has 0 aliphatic rings. The fourth-order valence-corrected chi connectivity index (χ4v) is 1.49. The average Bonchev–Trinajstić information content (AvgIpc) is 2.32. The van der Waals surface area contributed by atoms with Gasteiger partial charge in [0.2, 0.25) is 0 Å². The lowest BCUT2D eigenvalue weighted by molar-refractivity contribution is 0.409. The van der Waals surface area contributed by atoms with Crippen molar-refractivity contribution >= 4 is 0 Å². The van der Waals surface area contributed by atoms with Crippen molar-refractivity contribution in [3.63, 3.8) is 0 Å². The van der Waals surface area contributed by atoms with E-state index in [1.807, 2.05) is 53.2 Å². The van der Waals surface area contributed by atoms with Crippen LogP contribution in [0.2, 0.25) is 0 Å². The van der Waals surface area contributed by atoms with Crippen molar-refractivity contribution in [1.82, 2.24) is 4.57 Å². The van der Waals surface area contributed by atoms with Gasteiger partial charge in [-0.1, -0.05) is 25.1 Å². The van der Waals surface area contributed by atoms with Gasteiger partial charge in [0.15, 0.2) is 6.10 Å². The van der Waals surface area contributed by atoms with Crippen LogP contribution in [0.1, 0.15) is 37.8 Å². The molecule has 18 heavy (non-hydrogen) atoms. The van der Waals surface area contributed by atoms with Crippen LogP contribution in [0, 0.1) is 26.9 Å². The number of nitrogens with two attached hydrogens (primary N) is 1. The molecule has 0 aromatic carbocycles. The predicted molar refractivity (Wildman–Crippen MR) is 74.0 cm³/mol. The molecule has 0 spiro atoms. The molecule has 1 aromatic rings. The highest BCUT2D eigenvalue weighted by Crippen LogP contribution is 2.15. The van der Waals surface area contributed by atoms with Crippen LogP contribution in [0.15, 0.2) is 20.1 Å². The van der Waals surface area contributed by atoms with E-state index in [9.17, 15) is 0 Å². The Morgan fingerprint density at radius 2 is 1.94 bits per heavy atom. The molecule has 4 heteroatoms. The van der Waals surface area contributed by atoms with Crippen molar-refractivity contribution < 1.29 is 4.42 Å². The fraction of sp³-hybridized carbons (Fsp3) is 0.500. The normalized spacial score (nSPS) is 13.6. The predicted octanol–water partition coefficient (Wildman–Crippen LogP) is 2.52. The molecule has 1 heterocycles. The van der Waals surface area contributed by atoms with E-state index in [4.69, 9.17) is 14.6 Å². The third-order valence-electron chi connectivity index (χ3n) is 3.45. The van der Waals surface area contributed by atoms with E-state index in [-0.39, 0.29) is 0 Å². The zero-order valence-corrected chi connectivity index (χ0v) is 12.3. The van der Waals surface area contributed by atoms with Gasteiger partial charge in [0, 0.05) is 6.92 Å². The maximum atomic E-state index is 5.76. The molecule has 0 saturated carbocycles. The van der Waals surface area contributed by atoms with Crippen molar-refractivity contribution in [3.05, 3.63) is 44.6 Å². The second-order valence-electron chi connectivity index (χ2n) is 4.66. The second-order valence-corrected chi connectivity index (χ2v) is 4.66. The van der Waals surface area contributed by atoms with Crippen molar-refractivity contribution in [1.29, 1.82) is 0 Å². The van der Waals surface area contributed by atoms with Gasteiger partial charge < -0.3 is 5.73 Å². The van der Waals surface area contributed by atoms with E-state index in [0.717, 1.165) is 34.4 Å². The molecular weight excluding hydrogens is 228 g/mol. The van der Waals surface area contributed by atoms with Gasteiger partial charge in [0.25, 0.3) is 0 Å². The lowest BCUT2D eigenvalue weighted by Crippen LogP contribution is -2.23. The standard InChI is InChI=1S/C14H23N2O2/c1-8(10(3)15)12(5)17-14-16(7)11(4)9(2)13(6)18-14/h15H2,1-7H3/q+1. The SMILES string of the molecule is CC(N)=C(C)[C-](C)[O+]=c1o[c+](C)c(C)c(C)n1C. The summed E-state index contributed by atoms with van der Waals surface area (Å²) in [5.74, 6) is 1.33. The first kappa shape index (κ1) is 14.4. The molecule has 0 bridgehead atoms. The molecule has 0 aliphatic carbocycles. The van der Waals surface area contributed by atoms with Gasteiger partial charge in [-0.3, -0.25) is 4.42 Å². The minimum atomic E-state index is 0.466. The number of hydrogen-bond acceptors (Lipinski definition) is 2. The van der Waals surface area contributed by atoms with Gasteiger partial charge >= 0.3 is 11.5 Å². The molecule has 100 valence electrons. The number of aromatic nitrogens is 1. The van der Waals surface area contributed by atoms with E-state index < -0.39 is 0 Å². The third kappa shape index (κ3) is 2.75. The minimum absolute atomic E-state index is 0.466. The van der Waals surface area contributed by atoms with Gasteiger partial charge in [-0.15, -0.1) is 8.98 Å². The summed E-state index contributed by atoms with van der Waals surface area (Å²) in [6, 6.07) is 0. The molecule has 0 saturated heterocycles. The Morgan fingerprint density at radius 1 is 1.39 bits per heavy atom. The summed E-state index contributed by atoms with van der Waals surface area (Å²) in [5.41, 5.74) is 9.68. The van der Waals surface area contributed by atoms with Gasteiger partial charge in [-0.05, 0) is 13.8 Å². The number of rotatable bonds is 2. The Balaban J connectivity index is 3.39. The van der Waals surface area contributed by atoms with Crippen LogP contribution in [0.3, 0.4) is 0 Å². The maximum absolute atomic E-state index is 5.76. The summed E-state index contributed by atoms with van der Waals surface area (Å²) >= 11 is 0. The topological polar surface area (TPSA) is 55.4 Å². The van der Waals surface area contributed by atoms with Gasteiger partial charge in [0.05, 0.1) is 14.0 Å². The number of aryl methyl sites for hydroxylation is 1. The summed E-state index contributed by atoms with van der Waals surface area (Å²) in [4.78, 5) is 0. The molecule has 0 unspecified atom stereocenters. The van der Waals surface area contributed by atoms with E-state index in [1.165, 1.54) is 0 Å². The summed E-state index contributed by atoms with van der Waals surface area (Å²) in [6.45, 7) is 11.7. The van der Waals surface area contributed by atoms with Crippen LogP contribution in [0.5, 0.6) is 0 Å². The summed E-state index contributed by atoms with van der Waals surface area (Å²) in [7, 11) is 1.92. The monoisotopic (exact) mass is 251 g/mol. The van der Waals surface area contributed by atoms with Crippen LogP contribution in [-0.4, -0.2) is 4.57 Å². The highest BCUT2D eigenvalue weighted by atomic mass is 16.5. The zero-order chi connectivity index (χ0) is 14.0. The highest BCUT2D eigenvalue weighted by molar-refractivity contribution is 5.27. The number of allylic oxidation sites excluding steroid dienone is 1. The molecule has 0 aliphatic heterocycles. The highest BCUT2D eigenvalue weighted by Gasteiger charge is 2.23. The average molecular weight is 251 g/mol. The molecule has 2 N–H and O–H groups in total. The van der Waals surface area contributed by atoms with Crippen molar-refractivity contribution in [3.8, 4) is 0 Å². The van der Waals surface area contributed by atoms with Crippen molar-refractivity contribution in [2.75, 3.05) is 0 Å². The number of nitrogens with zero attached hydrogens (tertiary/aromatic N) is 1. The Labute approximate surface area is 108 Å². The van der Waals surface area contributed by atoms with Gasteiger partial charge in [0.1, 0.15) is 11.3 Å². The van der Waals surface area contributed by atoms with E-state index >= 15 is 0 Å². The first-order chi connectivity index (χ1) is 8.25. The molecule has 0 amide bonds. The van der Waals surface area contributed by atoms with Crippen LogP contribution in [-0.2, 0) is 7.05 Å². The van der Waals surface area contributed by atoms with Crippen LogP contribution in [0.4, 0.5) is 0 Å². The first-order valence-electron chi connectivity index (χ1n) is 6.00. The van der Waals surface area contributed by atoms with E-state index in [1.54, 1.807) is 0 Å². The lowest BCUT2D eigenvalue weighted by Gasteiger charge is -2.07. The van der Waals surface area contributed by atoms with Crippen LogP contribution in [0.25, 0.3) is 0 Å². The van der Waals surface area contributed by atoms with E-state index in [0.29, 0.717) is 5.76 Å². The molecule has 0 radical (unpaired) electrons. The Kier molecular flexibility index (Phi) is 4.22. The Hall–Kier alpha value is -1.71. The van der Waals surface area contributed by atoms with Crippen molar-refractivity contribution in [2.45, 2.75) is 41.5 Å². The second kappa shape index (κ2) is 5.29. The zero-order valence-electron chi connectivity index (χ0n) is 12.3. The van der Waals surface area contributed by atoms with Crippen molar-refractivity contribution in [2.24, 2.45) is 12.8 Å². The lowest BCUT2D eigenvalue weighted by atomic mass is 10.1. The third-order valence-corrected chi connectivity index (χ3v) is 3.45. The Morgan fingerprint density at radius 3 is 2.44 bits per heavy atom. The molecule has 4 nitrogen and oxygen atoms in total. The van der Waals surface area contributed by atoms with Crippen LogP contribution < -0.4 is 11.5 Å². The quantitative estimate of drug-likeness (QED) is 0.648. The first-order valence-corrected chi connectivity index (χ1v) is 6.00. The molecular formula is C14H23N2O2+. The largest absolute Gasteiger partial charge is 0.715 e. The summed E-state index contributed by atoms with van der Waals surface area (Å²) in [5, 5.41) is 0. The molecule has 1 aromatic heterocycles. The number of hydrogen-bond donors (Lipinski definition) is 1. The Bertz CT molecular complexity index is 550. The van der Waals surface area contributed by atoms with Gasteiger partial charge in [-0.2, -0.15) is 0 Å². The summed E-state index contributed by atoms with van der Waals surface area (Å²) in [6.07, 6.45) is 0.747.